The average Bonchev–Trinajstić information content (AvgIpc) is 2.83. The maximum absolute atomic E-state index is 12.0. The van der Waals surface area contributed by atoms with E-state index in [0.29, 0.717) is 11.3 Å². The van der Waals surface area contributed by atoms with Gasteiger partial charge in [0.05, 0.1) is 5.57 Å². The topological polar surface area (TPSA) is 26.3 Å². The molecule has 0 amide bonds. The highest BCUT2D eigenvalue weighted by molar-refractivity contribution is 6.19. The van der Waals surface area contributed by atoms with Gasteiger partial charge in [0.25, 0.3) is 0 Å². The van der Waals surface area contributed by atoms with Gasteiger partial charge in [-0.3, -0.25) is 0 Å². The number of aryl methyl sites for hydroxylation is 2. The molecule has 2 heteroatoms. The van der Waals surface area contributed by atoms with E-state index in [2.05, 4.69) is 0 Å². The third-order valence-corrected chi connectivity index (χ3v) is 3.47. The number of cyclic esters (lactones) is 1. The first-order valence-corrected chi connectivity index (χ1v) is 6.91. The zero-order valence-corrected chi connectivity index (χ0v) is 12.1. The monoisotopic (exact) mass is 276 g/mol. The van der Waals surface area contributed by atoms with E-state index < -0.39 is 0 Å². The van der Waals surface area contributed by atoms with Gasteiger partial charge in [-0.1, -0.05) is 59.7 Å². The molecule has 1 aliphatic heterocycles. The van der Waals surface area contributed by atoms with E-state index in [1.807, 2.05) is 68.5 Å². The van der Waals surface area contributed by atoms with Gasteiger partial charge in [0.15, 0.2) is 0 Å². The lowest BCUT2D eigenvalue weighted by Gasteiger charge is -2.00. The Labute approximate surface area is 124 Å². The van der Waals surface area contributed by atoms with Crippen LogP contribution in [0.25, 0.3) is 11.6 Å². The van der Waals surface area contributed by atoms with Gasteiger partial charge in [-0.25, -0.2) is 4.79 Å². The van der Waals surface area contributed by atoms with Crippen LogP contribution in [0.2, 0.25) is 0 Å². The first kappa shape index (κ1) is 13.4. The highest BCUT2D eigenvalue weighted by atomic mass is 16.5. The zero-order valence-electron chi connectivity index (χ0n) is 12.1. The van der Waals surface area contributed by atoms with Crippen LogP contribution in [0.1, 0.15) is 22.3 Å². The van der Waals surface area contributed by atoms with Gasteiger partial charge in [0.1, 0.15) is 5.76 Å². The number of hydrogen-bond acceptors (Lipinski definition) is 2. The minimum atomic E-state index is -0.294. The predicted octanol–water partition coefficient (Wildman–Crippen LogP) is 4.28. The molecule has 0 unspecified atom stereocenters. The van der Waals surface area contributed by atoms with Gasteiger partial charge in [-0.05, 0) is 37.1 Å². The third-order valence-electron chi connectivity index (χ3n) is 3.47. The molecule has 0 N–H and O–H groups in total. The summed E-state index contributed by atoms with van der Waals surface area (Å²) in [6.45, 7) is 4.07. The fourth-order valence-corrected chi connectivity index (χ4v) is 2.23. The fraction of sp³-hybridized carbons (Fsp3) is 0.105. The average molecular weight is 276 g/mol. The fourth-order valence-electron chi connectivity index (χ4n) is 2.23. The van der Waals surface area contributed by atoms with E-state index in [1.165, 1.54) is 11.1 Å². The Morgan fingerprint density at radius 2 is 1.43 bits per heavy atom. The molecule has 0 fully saturated rings. The summed E-state index contributed by atoms with van der Waals surface area (Å²) in [6.07, 6.45) is 3.67. The number of ether oxygens (including phenoxy) is 1. The van der Waals surface area contributed by atoms with Gasteiger partial charge in [0, 0.05) is 0 Å². The molecule has 0 aromatic heterocycles. The van der Waals surface area contributed by atoms with E-state index in [9.17, 15) is 4.79 Å². The molecule has 0 saturated heterocycles. The maximum atomic E-state index is 12.0. The van der Waals surface area contributed by atoms with Crippen molar-refractivity contribution in [3.05, 3.63) is 82.6 Å². The molecular formula is C19H16O2. The number of esters is 1. The molecule has 2 aromatic rings. The lowest BCUT2D eigenvalue weighted by Crippen LogP contribution is -1.98. The largest absolute Gasteiger partial charge is 0.423 e. The van der Waals surface area contributed by atoms with Gasteiger partial charge in [-0.15, -0.1) is 0 Å². The van der Waals surface area contributed by atoms with Crippen molar-refractivity contribution < 1.29 is 9.53 Å². The highest BCUT2D eigenvalue weighted by Gasteiger charge is 2.22. The Bertz CT molecular complexity index is 732. The Balaban J connectivity index is 1.91. The van der Waals surface area contributed by atoms with Crippen LogP contribution in [-0.4, -0.2) is 5.97 Å². The van der Waals surface area contributed by atoms with Crippen LogP contribution in [0, 0.1) is 13.8 Å². The molecule has 0 spiro atoms. The lowest BCUT2D eigenvalue weighted by molar-refractivity contribution is -0.131. The van der Waals surface area contributed by atoms with Crippen LogP contribution in [-0.2, 0) is 9.53 Å². The lowest BCUT2D eigenvalue weighted by atomic mass is 10.0. The van der Waals surface area contributed by atoms with Crippen molar-refractivity contribution in [1.29, 1.82) is 0 Å². The summed E-state index contributed by atoms with van der Waals surface area (Å²) in [7, 11) is 0. The maximum Gasteiger partial charge on any atom is 0.344 e. The Kier molecular flexibility index (Phi) is 3.44. The van der Waals surface area contributed by atoms with Crippen molar-refractivity contribution in [2.75, 3.05) is 0 Å². The second-order valence-electron chi connectivity index (χ2n) is 5.27. The van der Waals surface area contributed by atoms with Crippen molar-refractivity contribution in [1.82, 2.24) is 0 Å². The van der Waals surface area contributed by atoms with Crippen LogP contribution in [0.15, 0.2) is 60.4 Å². The second kappa shape index (κ2) is 5.41. The van der Waals surface area contributed by atoms with Crippen LogP contribution in [0.5, 0.6) is 0 Å². The van der Waals surface area contributed by atoms with Crippen molar-refractivity contribution in [2.24, 2.45) is 0 Å². The molecule has 1 heterocycles. The van der Waals surface area contributed by atoms with E-state index in [1.54, 1.807) is 6.08 Å². The summed E-state index contributed by atoms with van der Waals surface area (Å²) in [5, 5.41) is 0. The van der Waals surface area contributed by atoms with E-state index >= 15 is 0 Å². The third kappa shape index (κ3) is 2.95. The molecule has 21 heavy (non-hydrogen) atoms. The van der Waals surface area contributed by atoms with Crippen molar-refractivity contribution in [2.45, 2.75) is 13.8 Å². The van der Waals surface area contributed by atoms with Crippen molar-refractivity contribution >= 4 is 17.6 Å². The molecule has 0 bridgehead atoms. The SMILES string of the molecule is Cc1ccc(/C=C2/C=C(c3ccc(C)cc3)C(=O)O2)cc1. The minimum Gasteiger partial charge on any atom is -0.423 e. The first-order valence-electron chi connectivity index (χ1n) is 6.91. The molecule has 0 atom stereocenters. The van der Waals surface area contributed by atoms with Crippen LogP contribution in [0.3, 0.4) is 0 Å². The van der Waals surface area contributed by atoms with Gasteiger partial charge in [0.2, 0.25) is 0 Å². The molecular weight excluding hydrogens is 260 g/mol. The summed E-state index contributed by atoms with van der Waals surface area (Å²) in [4.78, 5) is 12.0. The standard InChI is InChI=1S/C19H16O2/c1-13-3-7-15(8-4-13)11-17-12-18(19(20)21-17)16-9-5-14(2)6-10-16/h3-12H,1-2H3/b17-11-. The molecule has 1 aliphatic rings. The number of allylic oxidation sites excluding steroid dienone is 1. The number of carbonyl (C=O) groups excluding carboxylic acids is 1. The Morgan fingerprint density at radius 3 is 2.05 bits per heavy atom. The van der Waals surface area contributed by atoms with E-state index in [-0.39, 0.29) is 5.97 Å². The molecule has 2 nitrogen and oxygen atoms in total. The predicted molar refractivity (Wildman–Crippen MR) is 84.4 cm³/mol. The minimum absolute atomic E-state index is 0.294. The van der Waals surface area contributed by atoms with Gasteiger partial charge in [-0.2, -0.15) is 0 Å². The van der Waals surface area contributed by atoms with Crippen molar-refractivity contribution in [3.8, 4) is 0 Å². The number of hydrogen-bond donors (Lipinski definition) is 0. The van der Waals surface area contributed by atoms with Gasteiger partial charge < -0.3 is 4.74 Å². The number of benzene rings is 2. The van der Waals surface area contributed by atoms with Crippen LogP contribution < -0.4 is 0 Å². The quantitative estimate of drug-likeness (QED) is 0.765. The van der Waals surface area contributed by atoms with E-state index in [4.69, 9.17) is 4.74 Å². The number of carbonyl (C=O) groups is 1. The smallest absolute Gasteiger partial charge is 0.344 e. The summed E-state index contributed by atoms with van der Waals surface area (Å²) in [5.41, 5.74) is 4.88. The van der Waals surface area contributed by atoms with Crippen LogP contribution in [0.4, 0.5) is 0 Å². The second-order valence-corrected chi connectivity index (χ2v) is 5.27. The van der Waals surface area contributed by atoms with Crippen molar-refractivity contribution in [3.63, 3.8) is 0 Å². The van der Waals surface area contributed by atoms with E-state index in [0.717, 1.165) is 11.1 Å². The molecule has 3 rings (SSSR count). The number of rotatable bonds is 2. The summed E-state index contributed by atoms with van der Waals surface area (Å²) < 4.78 is 5.32. The zero-order chi connectivity index (χ0) is 14.8. The summed E-state index contributed by atoms with van der Waals surface area (Å²) in [6, 6.07) is 16.0. The Hall–Kier alpha value is -2.61. The molecule has 2 aromatic carbocycles. The molecule has 0 radical (unpaired) electrons. The van der Waals surface area contributed by atoms with Crippen LogP contribution >= 0.6 is 0 Å². The first-order chi connectivity index (χ1) is 10.1. The normalized spacial score (nSPS) is 16.0. The summed E-state index contributed by atoms with van der Waals surface area (Å²) in [5.74, 6) is 0.289. The molecule has 0 aliphatic carbocycles. The molecule has 0 saturated carbocycles. The Morgan fingerprint density at radius 1 is 0.857 bits per heavy atom. The summed E-state index contributed by atoms with van der Waals surface area (Å²) >= 11 is 0. The molecule has 104 valence electrons. The highest BCUT2D eigenvalue weighted by Crippen LogP contribution is 2.27. The van der Waals surface area contributed by atoms with Gasteiger partial charge >= 0.3 is 5.97 Å².